The average molecular weight is 293 g/mol. The normalized spacial score (nSPS) is 25.6. The number of fused-ring (bicyclic) bond motifs is 2. The Balaban J connectivity index is 1.60. The highest BCUT2D eigenvalue weighted by Gasteiger charge is 2.37. The lowest BCUT2D eigenvalue weighted by molar-refractivity contribution is -0.133. The van der Waals surface area contributed by atoms with Gasteiger partial charge >= 0.3 is 0 Å². The van der Waals surface area contributed by atoms with Crippen LogP contribution in [0.2, 0.25) is 5.02 Å². The Morgan fingerprint density at radius 2 is 1.95 bits per heavy atom. The fourth-order valence-corrected chi connectivity index (χ4v) is 3.55. The maximum absolute atomic E-state index is 12.5. The molecule has 0 saturated carbocycles. The van der Waals surface area contributed by atoms with E-state index < -0.39 is 0 Å². The van der Waals surface area contributed by atoms with E-state index in [2.05, 4.69) is 10.2 Å². The standard InChI is InChI=1S/C16H21ClN2O/c17-13-4-1-12(2-5-13)3-8-16(20)19-14-6-7-15(19)11-18-10-9-14/h1-2,4-5,14-15,18H,3,6-11H2. The van der Waals surface area contributed by atoms with E-state index in [1.54, 1.807) is 0 Å². The topological polar surface area (TPSA) is 32.3 Å². The van der Waals surface area contributed by atoms with Crippen LogP contribution in [-0.2, 0) is 11.2 Å². The van der Waals surface area contributed by atoms with Crippen molar-refractivity contribution in [3.05, 3.63) is 34.9 Å². The van der Waals surface area contributed by atoms with Gasteiger partial charge in [0.25, 0.3) is 0 Å². The number of carbonyl (C=O) groups excluding carboxylic acids is 1. The summed E-state index contributed by atoms with van der Waals surface area (Å²) in [6.07, 6.45) is 4.85. The van der Waals surface area contributed by atoms with Crippen LogP contribution in [-0.4, -0.2) is 36.0 Å². The third-order valence-corrected chi connectivity index (χ3v) is 4.73. The van der Waals surface area contributed by atoms with E-state index in [1.165, 1.54) is 12.0 Å². The minimum Gasteiger partial charge on any atom is -0.335 e. The molecular weight excluding hydrogens is 272 g/mol. The number of benzene rings is 1. The molecule has 2 fully saturated rings. The van der Waals surface area contributed by atoms with Crippen molar-refractivity contribution < 1.29 is 4.79 Å². The molecule has 0 aliphatic carbocycles. The summed E-state index contributed by atoms with van der Waals surface area (Å²) in [4.78, 5) is 14.7. The molecule has 3 rings (SSSR count). The Labute approximate surface area is 125 Å². The smallest absolute Gasteiger partial charge is 0.223 e. The number of aryl methyl sites for hydroxylation is 1. The summed E-state index contributed by atoms with van der Waals surface area (Å²) in [6.45, 7) is 2.01. The third-order valence-electron chi connectivity index (χ3n) is 4.48. The number of amides is 1. The molecule has 1 aromatic rings. The maximum Gasteiger partial charge on any atom is 0.223 e. The zero-order valence-corrected chi connectivity index (χ0v) is 12.4. The fourth-order valence-electron chi connectivity index (χ4n) is 3.42. The van der Waals surface area contributed by atoms with Gasteiger partial charge in [0.15, 0.2) is 0 Å². The molecule has 0 radical (unpaired) electrons. The van der Waals surface area contributed by atoms with E-state index in [1.807, 2.05) is 24.3 Å². The minimum absolute atomic E-state index is 0.316. The van der Waals surface area contributed by atoms with Crippen LogP contribution in [0.15, 0.2) is 24.3 Å². The third kappa shape index (κ3) is 2.99. The molecule has 2 aliphatic rings. The Bertz CT molecular complexity index is 460. The second kappa shape index (κ2) is 6.15. The fraction of sp³-hybridized carbons (Fsp3) is 0.562. The summed E-state index contributed by atoms with van der Waals surface area (Å²) in [5, 5.41) is 4.18. The zero-order valence-electron chi connectivity index (χ0n) is 11.6. The minimum atomic E-state index is 0.316. The Morgan fingerprint density at radius 1 is 1.20 bits per heavy atom. The zero-order chi connectivity index (χ0) is 13.9. The molecule has 2 saturated heterocycles. The van der Waals surface area contributed by atoms with Gasteiger partial charge in [0.2, 0.25) is 5.91 Å². The number of carbonyl (C=O) groups is 1. The summed E-state index contributed by atoms with van der Waals surface area (Å²) in [5.41, 5.74) is 1.18. The quantitative estimate of drug-likeness (QED) is 0.929. The van der Waals surface area contributed by atoms with Gasteiger partial charge in [-0.15, -0.1) is 0 Å². The van der Waals surface area contributed by atoms with E-state index in [0.29, 0.717) is 24.4 Å². The molecule has 2 bridgehead atoms. The molecule has 108 valence electrons. The molecule has 1 aromatic carbocycles. The molecule has 2 heterocycles. The van der Waals surface area contributed by atoms with Gasteiger partial charge in [-0.2, -0.15) is 0 Å². The van der Waals surface area contributed by atoms with E-state index >= 15 is 0 Å². The van der Waals surface area contributed by atoms with Crippen LogP contribution in [0.25, 0.3) is 0 Å². The SMILES string of the molecule is O=C(CCc1ccc(Cl)cc1)N1C2CCNCC1CC2. The van der Waals surface area contributed by atoms with Gasteiger partial charge in [0.1, 0.15) is 0 Å². The summed E-state index contributed by atoms with van der Waals surface area (Å²) >= 11 is 5.88. The molecule has 3 nitrogen and oxygen atoms in total. The van der Waals surface area contributed by atoms with Gasteiger partial charge in [-0.1, -0.05) is 23.7 Å². The second-order valence-electron chi connectivity index (χ2n) is 5.81. The molecule has 1 amide bonds. The van der Waals surface area contributed by atoms with E-state index in [0.717, 1.165) is 37.4 Å². The van der Waals surface area contributed by atoms with Crippen molar-refractivity contribution in [2.75, 3.05) is 13.1 Å². The summed E-state index contributed by atoms with van der Waals surface area (Å²) in [7, 11) is 0. The van der Waals surface area contributed by atoms with Crippen LogP contribution in [0.4, 0.5) is 0 Å². The first-order chi connectivity index (χ1) is 9.74. The van der Waals surface area contributed by atoms with Crippen LogP contribution in [0, 0.1) is 0 Å². The number of nitrogens with zero attached hydrogens (tertiary/aromatic N) is 1. The Morgan fingerprint density at radius 3 is 2.75 bits per heavy atom. The predicted octanol–water partition coefficient (Wildman–Crippen LogP) is 2.63. The second-order valence-corrected chi connectivity index (χ2v) is 6.24. The van der Waals surface area contributed by atoms with Crippen molar-refractivity contribution in [3.8, 4) is 0 Å². The lowest BCUT2D eigenvalue weighted by Crippen LogP contribution is -2.42. The molecule has 2 unspecified atom stereocenters. The summed E-state index contributed by atoms with van der Waals surface area (Å²) in [6, 6.07) is 8.68. The number of nitrogens with one attached hydrogen (secondary N) is 1. The first kappa shape index (κ1) is 13.9. The lowest BCUT2D eigenvalue weighted by Gasteiger charge is -2.28. The van der Waals surface area contributed by atoms with Gasteiger partial charge in [0.05, 0.1) is 0 Å². The van der Waals surface area contributed by atoms with Crippen LogP contribution in [0.5, 0.6) is 0 Å². The molecule has 4 heteroatoms. The first-order valence-electron chi connectivity index (χ1n) is 7.50. The molecule has 0 aromatic heterocycles. The van der Waals surface area contributed by atoms with Crippen molar-refractivity contribution in [2.24, 2.45) is 0 Å². The van der Waals surface area contributed by atoms with Gasteiger partial charge in [-0.25, -0.2) is 0 Å². The van der Waals surface area contributed by atoms with Crippen molar-refractivity contribution in [1.29, 1.82) is 0 Å². The first-order valence-corrected chi connectivity index (χ1v) is 7.88. The summed E-state index contributed by atoms with van der Waals surface area (Å²) in [5.74, 6) is 0.316. The predicted molar refractivity (Wildman–Crippen MR) is 80.9 cm³/mol. The molecule has 0 spiro atoms. The Hall–Kier alpha value is -1.06. The van der Waals surface area contributed by atoms with Crippen molar-refractivity contribution in [3.63, 3.8) is 0 Å². The molecule has 1 N–H and O–H groups in total. The number of hydrogen-bond donors (Lipinski definition) is 1. The van der Waals surface area contributed by atoms with E-state index in [9.17, 15) is 4.79 Å². The largest absolute Gasteiger partial charge is 0.335 e. The molecule has 2 atom stereocenters. The number of hydrogen-bond acceptors (Lipinski definition) is 2. The van der Waals surface area contributed by atoms with Gasteiger partial charge < -0.3 is 10.2 Å². The highest BCUT2D eigenvalue weighted by molar-refractivity contribution is 6.30. The van der Waals surface area contributed by atoms with E-state index in [4.69, 9.17) is 11.6 Å². The molecular formula is C16H21ClN2O. The van der Waals surface area contributed by atoms with Crippen molar-refractivity contribution in [1.82, 2.24) is 10.2 Å². The number of halogens is 1. The highest BCUT2D eigenvalue weighted by Crippen LogP contribution is 2.28. The van der Waals surface area contributed by atoms with Gasteiger partial charge in [0, 0.05) is 30.1 Å². The van der Waals surface area contributed by atoms with Crippen LogP contribution >= 0.6 is 11.6 Å². The van der Waals surface area contributed by atoms with E-state index in [-0.39, 0.29) is 0 Å². The van der Waals surface area contributed by atoms with Crippen LogP contribution in [0.1, 0.15) is 31.2 Å². The summed E-state index contributed by atoms with van der Waals surface area (Å²) < 4.78 is 0. The average Bonchev–Trinajstić information content (AvgIpc) is 2.71. The maximum atomic E-state index is 12.5. The molecule has 2 aliphatic heterocycles. The van der Waals surface area contributed by atoms with Crippen molar-refractivity contribution >= 4 is 17.5 Å². The lowest BCUT2D eigenvalue weighted by atomic mass is 10.1. The Kier molecular flexibility index (Phi) is 4.27. The van der Waals surface area contributed by atoms with Gasteiger partial charge in [-0.3, -0.25) is 4.79 Å². The number of rotatable bonds is 3. The van der Waals surface area contributed by atoms with Crippen LogP contribution < -0.4 is 5.32 Å². The van der Waals surface area contributed by atoms with Crippen molar-refractivity contribution in [2.45, 2.75) is 44.2 Å². The molecule has 20 heavy (non-hydrogen) atoms. The van der Waals surface area contributed by atoms with Crippen LogP contribution in [0.3, 0.4) is 0 Å². The van der Waals surface area contributed by atoms with Gasteiger partial charge in [-0.05, 0) is 49.9 Å². The highest BCUT2D eigenvalue weighted by atomic mass is 35.5. The monoisotopic (exact) mass is 292 g/mol.